The van der Waals surface area contributed by atoms with Gasteiger partial charge in [-0.15, -0.1) is 0 Å². The molecular formula is C69H115N13O16. The summed E-state index contributed by atoms with van der Waals surface area (Å²) < 4.78 is 0. The molecule has 1 aromatic rings. The largest absolute Gasteiger partial charge is 0.393 e. The van der Waals surface area contributed by atoms with Crippen molar-refractivity contribution in [1.29, 1.82) is 0 Å². The van der Waals surface area contributed by atoms with Crippen LogP contribution in [-0.2, 0) is 63.1 Å². The summed E-state index contributed by atoms with van der Waals surface area (Å²) in [6.45, 7) is 24.2. The zero-order chi connectivity index (χ0) is 75.3. The second-order valence-electron chi connectivity index (χ2n) is 29.6. The van der Waals surface area contributed by atoms with E-state index in [2.05, 4.69) is 16.0 Å². The summed E-state index contributed by atoms with van der Waals surface area (Å²) >= 11 is 0. The van der Waals surface area contributed by atoms with Gasteiger partial charge in [0.1, 0.15) is 66.1 Å². The summed E-state index contributed by atoms with van der Waals surface area (Å²) in [5.74, 6) is -15.1. The molecule has 0 aromatic heterocycles. The van der Waals surface area contributed by atoms with Gasteiger partial charge in [0.25, 0.3) is 5.91 Å². The summed E-state index contributed by atoms with van der Waals surface area (Å²) in [7, 11) is 11.6. The molecule has 98 heavy (non-hydrogen) atoms. The monoisotopic (exact) mass is 1380 g/mol. The van der Waals surface area contributed by atoms with Crippen molar-refractivity contribution in [1.82, 2.24) is 59.6 Å². The summed E-state index contributed by atoms with van der Waals surface area (Å²) in [6, 6.07) is -6.10. The van der Waals surface area contributed by atoms with Crippen molar-refractivity contribution < 1.29 is 78.0 Å². The maximum atomic E-state index is 15.4. The van der Waals surface area contributed by atoms with Crippen LogP contribution in [0.1, 0.15) is 136 Å². The van der Waals surface area contributed by atoms with Crippen molar-refractivity contribution in [3.8, 4) is 0 Å². The Bertz CT molecular complexity index is 3100. The normalized spacial score (nSPS) is 29.3. The Labute approximate surface area is 579 Å². The van der Waals surface area contributed by atoms with Gasteiger partial charge < -0.3 is 85.4 Å². The number of para-hydroxylation sites is 1. The Balaban J connectivity index is 1.97. The number of carbonyl (C=O) groups is 12. The number of carbonyl (C=O) groups excluding carboxylic acids is 12. The zero-order valence-electron chi connectivity index (χ0n) is 62.5. The fourth-order valence-corrected chi connectivity index (χ4v) is 14.0. The van der Waals surface area contributed by atoms with Crippen molar-refractivity contribution in [3.63, 3.8) is 0 Å². The number of nitrogens with one attached hydrogen (secondary N) is 3. The van der Waals surface area contributed by atoms with Crippen LogP contribution in [0, 0.1) is 41.4 Å². The number of likely N-dealkylation sites (N-methyl/N-ethyl adjacent to an activating group) is 9. The molecule has 3 aliphatic heterocycles. The Morgan fingerprint density at radius 3 is 1.41 bits per heavy atom. The highest BCUT2D eigenvalue weighted by molar-refractivity contribution is 6.00. The number of anilines is 1. The molecule has 4 rings (SSSR count). The number of rotatable bonds is 11. The lowest BCUT2D eigenvalue weighted by molar-refractivity contribution is -0.165. The van der Waals surface area contributed by atoms with Gasteiger partial charge in [0, 0.05) is 87.0 Å². The van der Waals surface area contributed by atoms with Crippen molar-refractivity contribution in [2.45, 2.75) is 214 Å². The minimum Gasteiger partial charge on any atom is -0.393 e. The minimum absolute atomic E-state index is 0.319. The van der Waals surface area contributed by atoms with Crippen LogP contribution in [0.15, 0.2) is 24.3 Å². The first-order valence-corrected chi connectivity index (χ1v) is 34.1. The van der Waals surface area contributed by atoms with E-state index in [4.69, 9.17) is 0 Å². The minimum atomic E-state index is -2.36. The summed E-state index contributed by atoms with van der Waals surface area (Å²) in [4.78, 5) is 189. The van der Waals surface area contributed by atoms with Crippen molar-refractivity contribution in [2.75, 3.05) is 81.8 Å². The second-order valence-corrected chi connectivity index (χ2v) is 29.6. The van der Waals surface area contributed by atoms with Gasteiger partial charge in [-0.2, -0.15) is 0 Å². The molecule has 2 saturated heterocycles. The van der Waals surface area contributed by atoms with Gasteiger partial charge in [-0.3, -0.25) is 57.5 Å². The van der Waals surface area contributed by atoms with Crippen LogP contribution >= 0.6 is 0 Å². The Hall–Kier alpha value is -7.50. The van der Waals surface area contributed by atoms with Crippen molar-refractivity contribution in [2.24, 2.45) is 41.4 Å². The lowest BCUT2D eigenvalue weighted by Crippen LogP contribution is -2.65. The number of fused-ring (bicyclic) bond motifs is 5. The topological polar surface area (TPSA) is 354 Å². The highest BCUT2D eigenvalue weighted by Gasteiger charge is 2.61. The van der Waals surface area contributed by atoms with E-state index >= 15 is 28.8 Å². The Morgan fingerprint density at radius 2 is 0.918 bits per heavy atom. The molecule has 2 fully saturated rings. The van der Waals surface area contributed by atoms with Crippen LogP contribution in [0.5, 0.6) is 0 Å². The molecule has 7 N–H and O–H groups in total. The molecule has 3 unspecified atom stereocenters. The van der Waals surface area contributed by atoms with E-state index in [-0.39, 0.29) is 6.42 Å². The van der Waals surface area contributed by atoms with E-state index in [0.717, 1.165) is 31.5 Å². The predicted octanol–water partition coefficient (Wildman–Crippen LogP) is 0.369. The molecule has 0 saturated carbocycles. The highest BCUT2D eigenvalue weighted by Crippen LogP contribution is 2.50. The molecular weight excluding hydrogens is 1270 g/mol. The van der Waals surface area contributed by atoms with Gasteiger partial charge >= 0.3 is 0 Å². The zero-order valence-corrected chi connectivity index (χ0v) is 62.5. The maximum Gasteiger partial charge on any atom is 0.270 e. The summed E-state index contributed by atoms with van der Waals surface area (Å²) in [5.41, 5.74) is -3.09. The number of benzene rings is 1. The van der Waals surface area contributed by atoms with Gasteiger partial charge in [-0.25, -0.2) is 0 Å². The first kappa shape index (κ1) is 82.9. The van der Waals surface area contributed by atoms with Crippen LogP contribution in [0.3, 0.4) is 0 Å². The molecule has 0 spiro atoms. The van der Waals surface area contributed by atoms with E-state index in [1.165, 1.54) is 104 Å². The summed E-state index contributed by atoms with van der Waals surface area (Å²) in [6.07, 6.45) is -4.65. The van der Waals surface area contributed by atoms with E-state index in [1.807, 2.05) is 6.92 Å². The number of hydrogen-bond donors (Lipinski definition) is 7. The van der Waals surface area contributed by atoms with Gasteiger partial charge in [0.15, 0.2) is 0 Å². The van der Waals surface area contributed by atoms with Crippen LogP contribution in [0.2, 0.25) is 0 Å². The molecule has 12 amide bonds. The van der Waals surface area contributed by atoms with Crippen molar-refractivity contribution in [3.05, 3.63) is 29.8 Å². The quantitative estimate of drug-likeness (QED) is 0.157. The predicted molar refractivity (Wildman–Crippen MR) is 366 cm³/mol. The second kappa shape index (κ2) is 33.1. The lowest BCUT2D eigenvalue weighted by atomic mass is 9.90. The fourth-order valence-electron chi connectivity index (χ4n) is 14.0. The van der Waals surface area contributed by atoms with Crippen molar-refractivity contribution >= 4 is 76.6 Å². The van der Waals surface area contributed by atoms with E-state index < -0.39 is 209 Å². The van der Waals surface area contributed by atoms with Crippen LogP contribution in [0.4, 0.5) is 5.69 Å². The molecule has 3 heterocycles. The Morgan fingerprint density at radius 1 is 0.490 bits per heavy atom. The molecule has 29 heteroatoms. The van der Waals surface area contributed by atoms with E-state index in [0.29, 0.717) is 29.0 Å². The lowest BCUT2D eigenvalue weighted by Gasteiger charge is -2.43. The standard InChI is InChI=1S/C69H115N13O16/c1-26-39(11)49-60(90)77(21)52(38(9)10)63(93)78(22)51(37(7)8)61(91)73(17)33-46(84)75(19)55(68(15,16)97)65(95)80(24)54(41(13)42(14)83)64(94)81(25)66(96)57(87)71-48(35(3)4)59(89)79(23)53(40(12)27-2)62(92)74(18)34-47(85)82-45(58(88)76(20)50(36(5)6)56(86)72-49)32-69(98)43-30-28-29-31-44(43)70-67(69)82/h28-31,35-42,45,48-55,66-67,70,83,96-98H,26-27,32-34H2,1-25H3,(H,71,87)(H,72,86)/t39-,40-,41-,42-,45-,48?,49?,50-,51-,52-,53-,54?,55+,66+,67-,69+/m0/s1. The first-order chi connectivity index (χ1) is 45.1. The molecule has 3 aliphatic rings. The number of nitrogens with zero attached hydrogens (tertiary/aromatic N) is 10. The number of aliphatic hydroxyl groups excluding tert-OH is 2. The third kappa shape index (κ3) is 17.2. The molecule has 0 aliphatic carbocycles. The average Bonchev–Trinajstić information content (AvgIpc) is 1.55. The van der Waals surface area contributed by atoms with Gasteiger partial charge in [-0.1, -0.05) is 121 Å². The third-order valence-corrected chi connectivity index (χ3v) is 20.4. The molecule has 16 atom stereocenters. The summed E-state index contributed by atoms with van der Waals surface area (Å²) in [5, 5.41) is 55.8. The first-order valence-electron chi connectivity index (χ1n) is 34.1. The Kier molecular flexibility index (Phi) is 28.0. The van der Waals surface area contributed by atoms with E-state index in [1.54, 1.807) is 100 Å². The molecule has 1 aromatic carbocycles. The van der Waals surface area contributed by atoms with Gasteiger partial charge in [0.2, 0.25) is 71.2 Å². The third-order valence-electron chi connectivity index (χ3n) is 20.4. The highest BCUT2D eigenvalue weighted by atomic mass is 16.3. The SMILES string of the molecule is CC[C@H](C)C1NC(=O)[C@H](C(C)C)N(C)C(=O)[C@@H]2C[C@@]3(O)c4ccccc4N[C@H]3N2C(=O)CN(C)C(=O)[C@H]([C@@H](C)CC)N(C)C(=O)C(C(C)C)NC(=O)[C@@H](O)N(C)C(=O)C([C@@H](C)[C@H](C)O)N(C)C(=O)[C@H](C(C)(C)O)N(C)C(=O)CN(C)C(=O)[C@H](C(C)C)N(C)C(=O)[C@H](C(C)C)N(C)C1=O. The maximum absolute atomic E-state index is 15.4. The average molecular weight is 1380 g/mol. The fraction of sp³-hybridized carbons (Fsp3) is 0.739. The molecule has 0 radical (unpaired) electrons. The molecule has 0 bridgehead atoms. The number of aliphatic hydroxyl groups is 4. The van der Waals surface area contributed by atoms with Crippen LogP contribution < -0.4 is 16.0 Å². The van der Waals surface area contributed by atoms with Crippen LogP contribution in [-0.4, -0.2) is 295 Å². The number of amides is 12. The van der Waals surface area contributed by atoms with Crippen LogP contribution in [0.25, 0.3) is 0 Å². The smallest absolute Gasteiger partial charge is 0.270 e. The number of hydrogen-bond acceptors (Lipinski definition) is 17. The molecule has 29 nitrogen and oxygen atoms in total. The van der Waals surface area contributed by atoms with Gasteiger partial charge in [-0.05, 0) is 62.3 Å². The van der Waals surface area contributed by atoms with E-state index in [9.17, 15) is 49.2 Å². The van der Waals surface area contributed by atoms with Gasteiger partial charge in [0.05, 0.1) is 24.8 Å². The molecule has 552 valence electrons.